The molecule has 2 aliphatic rings. The molecule has 2 aliphatic heterocycles. The lowest BCUT2D eigenvalue weighted by molar-refractivity contribution is -0.130. The van der Waals surface area contributed by atoms with Crippen LogP contribution in [0.5, 0.6) is 0 Å². The summed E-state index contributed by atoms with van der Waals surface area (Å²) in [5, 5.41) is 0. The van der Waals surface area contributed by atoms with Gasteiger partial charge in [0.15, 0.2) is 0 Å². The zero-order valence-electron chi connectivity index (χ0n) is 16.4. The Hall–Kier alpha value is -2.66. The van der Waals surface area contributed by atoms with Crippen LogP contribution in [-0.2, 0) is 16.1 Å². The van der Waals surface area contributed by atoms with E-state index in [1.54, 1.807) is 13.0 Å². The first-order valence-electron chi connectivity index (χ1n) is 9.78. The maximum Gasteiger partial charge on any atom is 0.337 e. The van der Waals surface area contributed by atoms with Gasteiger partial charge in [0.2, 0.25) is 5.91 Å². The Labute approximate surface area is 165 Å². The number of carbonyl (C=O) groups excluding carboxylic acids is 2. The van der Waals surface area contributed by atoms with Gasteiger partial charge in [-0.15, -0.1) is 0 Å². The summed E-state index contributed by atoms with van der Waals surface area (Å²) < 4.78 is 4.83. The number of hydrogen-bond acceptors (Lipinski definition) is 4. The highest BCUT2D eigenvalue weighted by Gasteiger charge is 2.48. The summed E-state index contributed by atoms with van der Waals surface area (Å²) in [6.07, 6.45) is 0. The van der Waals surface area contributed by atoms with E-state index in [1.807, 2.05) is 35.2 Å². The topological polar surface area (TPSA) is 49.9 Å². The number of esters is 1. The Morgan fingerprint density at radius 2 is 1.82 bits per heavy atom. The van der Waals surface area contributed by atoms with E-state index in [0.29, 0.717) is 17.4 Å². The second kappa shape index (κ2) is 7.76. The van der Waals surface area contributed by atoms with E-state index < -0.39 is 0 Å². The van der Waals surface area contributed by atoms with E-state index in [2.05, 4.69) is 23.1 Å². The summed E-state index contributed by atoms with van der Waals surface area (Å²) in [5.74, 6) is 0.773. The molecule has 0 aliphatic carbocycles. The maximum atomic E-state index is 12.2. The van der Waals surface area contributed by atoms with Crippen molar-refractivity contribution in [2.24, 2.45) is 11.8 Å². The van der Waals surface area contributed by atoms with Gasteiger partial charge in [-0.25, -0.2) is 4.79 Å². The van der Waals surface area contributed by atoms with Crippen molar-refractivity contribution in [3.63, 3.8) is 0 Å². The second-order valence-electron chi connectivity index (χ2n) is 7.84. The molecule has 2 heterocycles. The van der Waals surface area contributed by atoms with Crippen LogP contribution in [0.2, 0.25) is 0 Å². The molecular formula is C23H26N2O3. The molecule has 5 nitrogen and oxygen atoms in total. The van der Waals surface area contributed by atoms with E-state index in [9.17, 15) is 9.59 Å². The van der Waals surface area contributed by atoms with E-state index >= 15 is 0 Å². The first kappa shape index (κ1) is 18.7. The number of amides is 1. The van der Waals surface area contributed by atoms with Gasteiger partial charge in [0.05, 0.1) is 18.7 Å². The molecule has 2 fully saturated rings. The van der Waals surface area contributed by atoms with Crippen molar-refractivity contribution in [1.82, 2.24) is 9.80 Å². The van der Waals surface area contributed by atoms with Crippen LogP contribution in [0.4, 0.5) is 0 Å². The van der Waals surface area contributed by atoms with Crippen LogP contribution in [0.1, 0.15) is 34.5 Å². The second-order valence-corrected chi connectivity index (χ2v) is 7.84. The highest BCUT2D eigenvalue weighted by Crippen LogP contribution is 2.45. The lowest BCUT2D eigenvalue weighted by Gasteiger charge is -2.29. The van der Waals surface area contributed by atoms with Crippen LogP contribution < -0.4 is 0 Å². The third-order valence-corrected chi connectivity index (χ3v) is 6.04. The van der Waals surface area contributed by atoms with Gasteiger partial charge in [0, 0.05) is 39.0 Å². The number of methoxy groups -OCH3 is 1. The SMILES string of the molecule is COC(=O)c1cccc(CN2C[C@@H]3CN(C(C)=O)[C@H](c4ccccc4)[C@@H]3C2)c1. The number of carbonyl (C=O) groups is 2. The van der Waals surface area contributed by atoms with Crippen LogP contribution in [0.15, 0.2) is 54.6 Å². The first-order valence-corrected chi connectivity index (χ1v) is 9.78. The fourth-order valence-electron chi connectivity index (χ4n) is 4.84. The Kier molecular flexibility index (Phi) is 5.18. The Bertz CT molecular complexity index is 867. The summed E-state index contributed by atoms with van der Waals surface area (Å²) in [4.78, 5) is 28.5. The number of ether oxygens (including phenoxy) is 1. The highest BCUT2D eigenvalue weighted by molar-refractivity contribution is 5.89. The third kappa shape index (κ3) is 3.54. The number of benzene rings is 2. The zero-order valence-corrected chi connectivity index (χ0v) is 16.4. The fourth-order valence-corrected chi connectivity index (χ4v) is 4.84. The molecule has 0 aromatic heterocycles. The van der Waals surface area contributed by atoms with Crippen molar-refractivity contribution in [3.05, 3.63) is 71.3 Å². The van der Waals surface area contributed by atoms with Gasteiger partial charge in [-0.2, -0.15) is 0 Å². The van der Waals surface area contributed by atoms with Crippen molar-refractivity contribution in [2.75, 3.05) is 26.7 Å². The molecular weight excluding hydrogens is 352 g/mol. The minimum absolute atomic E-state index is 0.148. The molecule has 0 unspecified atom stereocenters. The number of fused-ring (bicyclic) bond motifs is 1. The minimum atomic E-state index is -0.304. The monoisotopic (exact) mass is 378 g/mol. The molecule has 2 saturated heterocycles. The Balaban J connectivity index is 1.51. The summed E-state index contributed by atoms with van der Waals surface area (Å²) in [6, 6.07) is 18.2. The van der Waals surface area contributed by atoms with Crippen molar-refractivity contribution in [3.8, 4) is 0 Å². The van der Waals surface area contributed by atoms with Crippen molar-refractivity contribution in [2.45, 2.75) is 19.5 Å². The fraction of sp³-hybridized carbons (Fsp3) is 0.391. The molecule has 0 radical (unpaired) electrons. The van der Waals surface area contributed by atoms with E-state index in [1.165, 1.54) is 12.7 Å². The molecule has 146 valence electrons. The first-order chi connectivity index (χ1) is 13.6. The average molecular weight is 378 g/mol. The number of nitrogens with zero attached hydrogens (tertiary/aromatic N) is 2. The van der Waals surface area contributed by atoms with Crippen molar-refractivity contribution < 1.29 is 14.3 Å². The van der Waals surface area contributed by atoms with Gasteiger partial charge in [-0.05, 0) is 29.2 Å². The lowest BCUT2D eigenvalue weighted by Crippen LogP contribution is -2.34. The number of hydrogen-bond donors (Lipinski definition) is 0. The molecule has 2 aromatic carbocycles. The van der Waals surface area contributed by atoms with E-state index in [0.717, 1.165) is 31.7 Å². The van der Waals surface area contributed by atoms with E-state index in [-0.39, 0.29) is 17.9 Å². The molecule has 0 bridgehead atoms. The summed E-state index contributed by atoms with van der Waals surface area (Å²) in [6.45, 7) is 5.22. The average Bonchev–Trinajstić information content (AvgIpc) is 3.25. The van der Waals surface area contributed by atoms with Crippen LogP contribution in [0.3, 0.4) is 0 Å². The third-order valence-electron chi connectivity index (χ3n) is 6.04. The maximum absolute atomic E-state index is 12.2. The Morgan fingerprint density at radius 1 is 1.04 bits per heavy atom. The smallest absolute Gasteiger partial charge is 0.337 e. The van der Waals surface area contributed by atoms with Gasteiger partial charge >= 0.3 is 5.97 Å². The van der Waals surface area contributed by atoms with Gasteiger partial charge in [-0.1, -0.05) is 42.5 Å². The Morgan fingerprint density at radius 3 is 2.54 bits per heavy atom. The van der Waals surface area contributed by atoms with Crippen molar-refractivity contribution in [1.29, 1.82) is 0 Å². The molecule has 4 rings (SSSR count). The van der Waals surface area contributed by atoms with Crippen LogP contribution in [-0.4, -0.2) is 48.4 Å². The molecule has 0 saturated carbocycles. The van der Waals surface area contributed by atoms with Crippen molar-refractivity contribution >= 4 is 11.9 Å². The largest absolute Gasteiger partial charge is 0.465 e. The van der Waals surface area contributed by atoms with Crippen LogP contribution >= 0.6 is 0 Å². The minimum Gasteiger partial charge on any atom is -0.465 e. The molecule has 2 aromatic rings. The van der Waals surface area contributed by atoms with Gasteiger partial charge < -0.3 is 9.64 Å². The molecule has 0 spiro atoms. The molecule has 3 atom stereocenters. The predicted molar refractivity (Wildman–Crippen MR) is 107 cm³/mol. The van der Waals surface area contributed by atoms with Gasteiger partial charge in [-0.3, -0.25) is 9.69 Å². The summed E-state index contributed by atoms with van der Waals surface area (Å²) in [7, 11) is 1.40. The molecule has 5 heteroatoms. The van der Waals surface area contributed by atoms with E-state index in [4.69, 9.17) is 4.74 Å². The van der Waals surface area contributed by atoms with Gasteiger partial charge in [0.1, 0.15) is 0 Å². The normalized spacial score (nSPS) is 24.2. The standard InChI is InChI=1S/C23H26N2O3/c1-16(26)25-14-20-13-24(12-17-7-6-10-19(11-17)23(27)28-2)15-21(20)22(25)18-8-4-3-5-9-18/h3-11,20-22H,12-15H2,1-2H3/t20-,21-,22-/m1/s1. The zero-order chi connectivity index (χ0) is 19.7. The quantitative estimate of drug-likeness (QED) is 0.767. The van der Waals surface area contributed by atoms with Gasteiger partial charge in [0.25, 0.3) is 0 Å². The lowest BCUT2D eigenvalue weighted by atomic mass is 9.89. The molecule has 28 heavy (non-hydrogen) atoms. The summed E-state index contributed by atoms with van der Waals surface area (Å²) >= 11 is 0. The molecule has 1 amide bonds. The van der Waals surface area contributed by atoms with Crippen LogP contribution in [0, 0.1) is 11.8 Å². The highest BCUT2D eigenvalue weighted by atomic mass is 16.5. The number of likely N-dealkylation sites (tertiary alicyclic amines) is 2. The van der Waals surface area contributed by atoms with Crippen LogP contribution in [0.25, 0.3) is 0 Å². The number of rotatable bonds is 4. The predicted octanol–water partition coefficient (Wildman–Crippen LogP) is 3.12. The molecule has 0 N–H and O–H groups in total. The summed E-state index contributed by atoms with van der Waals surface area (Å²) in [5.41, 5.74) is 2.92.